The maximum Gasteiger partial charge on any atom is 0.162 e. The lowest BCUT2D eigenvalue weighted by atomic mass is 10.2. The van der Waals surface area contributed by atoms with Crippen LogP contribution in [0.2, 0.25) is 0 Å². The number of oxime groups is 1. The van der Waals surface area contributed by atoms with Crippen LogP contribution in [-0.2, 0) is 0 Å². The maximum absolute atomic E-state index is 12.8. The third-order valence-corrected chi connectivity index (χ3v) is 2.12. The van der Waals surface area contributed by atoms with E-state index in [-0.39, 0.29) is 11.6 Å². The van der Waals surface area contributed by atoms with Gasteiger partial charge in [0.05, 0.1) is 6.61 Å². The smallest absolute Gasteiger partial charge is 0.162 e. The molecule has 0 fully saturated rings. The second-order valence-electron chi connectivity index (χ2n) is 3.47. The molecule has 0 aromatic heterocycles. The molecule has 1 rings (SSSR count). The standard InChI is InChI=1S/C11H14F2N2O2/c12-9-5-4-8(7-10(9)13)17-6-2-1-3-11(14)15-16/h4-5,7,16H,1-3,6H2,(H2,14,15). The van der Waals surface area contributed by atoms with Crippen LogP contribution in [0.15, 0.2) is 23.4 Å². The minimum Gasteiger partial charge on any atom is -0.493 e. The molecule has 0 heterocycles. The van der Waals surface area contributed by atoms with E-state index in [9.17, 15) is 8.78 Å². The summed E-state index contributed by atoms with van der Waals surface area (Å²) in [6.45, 7) is 0.365. The van der Waals surface area contributed by atoms with Crippen LogP contribution in [-0.4, -0.2) is 17.6 Å². The number of nitrogens with two attached hydrogens (primary N) is 1. The largest absolute Gasteiger partial charge is 0.493 e. The molecule has 0 saturated carbocycles. The highest BCUT2D eigenvalue weighted by atomic mass is 19.2. The molecule has 17 heavy (non-hydrogen) atoms. The summed E-state index contributed by atoms with van der Waals surface area (Å²) in [6.07, 6.45) is 1.84. The van der Waals surface area contributed by atoms with E-state index in [1.165, 1.54) is 6.07 Å². The first kappa shape index (κ1) is 13.2. The second-order valence-corrected chi connectivity index (χ2v) is 3.47. The number of hydrogen-bond donors (Lipinski definition) is 2. The monoisotopic (exact) mass is 244 g/mol. The Balaban J connectivity index is 2.24. The van der Waals surface area contributed by atoms with Crippen LogP contribution in [0.3, 0.4) is 0 Å². The summed E-state index contributed by atoms with van der Waals surface area (Å²) in [5.41, 5.74) is 5.27. The molecule has 0 aliphatic rings. The van der Waals surface area contributed by atoms with Gasteiger partial charge in [-0.2, -0.15) is 0 Å². The van der Waals surface area contributed by atoms with E-state index in [1.54, 1.807) is 0 Å². The number of benzene rings is 1. The lowest BCUT2D eigenvalue weighted by Gasteiger charge is -2.06. The van der Waals surface area contributed by atoms with Crippen molar-refractivity contribution in [2.45, 2.75) is 19.3 Å². The summed E-state index contributed by atoms with van der Waals surface area (Å²) in [6, 6.07) is 3.38. The first-order valence-corrected chi connectivity index (χ1v) is 5.17. The number of ether oxygens (including phenoxy) is 1. The highest BCUT2D eigenvalue weighted by Gasteiger charge is 2.03. The number of rotatable bonds is 6. The summed E-state index contributed by atoms with van der Waals surface area (Å²) < 4.78 is 30.6. The van der Waals surface area contributed by atoms with Gasteiger partial charge >= 0.3 is 0 Å². The summed E-state index contributed by atoms with van der Waals surface area (Å²) in [4.78, 5) is 0. The molecular formula is C11H14F2N2O2. The molecule has 0 bridgehead atoms. The van der Waals surface area contributed by atoms with Gasteiger partial charge in [0.15, 0.2) is 11.6 Å². The number of amidine groups is 1. The van der Waals surface area contributed by atoms with Crippen LogP contribution in [0.1, 0.15) is 19.3 Å². The fourth-order valence-corrected chi connectivity index (χ4v) is 1.21. The second kappa shape index (κ2) is 6.67. The molecule has 0 spiro atoms. The van der Waals surface area contributed by atoms with Gasteiger partial charge < -0.3 is 15.7 Å². The van der Waals surface area contributed by atoms with Crippen molar-refractivity contribution in [1.29, 1.82) is 0 Å². The molecule has 0 unspecified atom stereocenters. The summed E-state index contributed by atoms with van der Waals surface area (Å²) in [5.74, 6) is -1.38. The average Bonchev–Trinajstić information content (AvgIpc) is 2.33. The molecule has 0 saturated heterocycles. The van der Waals surface area contributed by atoms with Gasteiger partial charge in [-0.25, -0.2) is 8.78 Å². The topological polar surface area (TPSA) is 67.8 Å². The minimum absolute atomic E-state index is 0.165. The van der Waals surface area contributed by atoms with Crippen molar-refractivity contribution in [3.8, 4) is 5.75 Å². The first-order chi connectivity index (χ1) is 8.13. The van der Waals surface area contributed by atoms with E-state index < -0.39 is 11.6 Å². The molecule has 0 aliphatic heterocycles. The van der Waals surface area contributed by atoms with Crippen LogP contribution in [0.25, 0.3) is 0 Å². The fourth-order valence-electron chi connectivity index (χ4n) is 1.21. The zero-order valence-corrected chi connectivity index (χ0v) is 9.20. The quantitative estimate of drug-likeness (QED) is 0.265. The third-order valence-electron chi connectivity index (χ3n) is 2.12. The Bertz CT molecular complexity index is 397. The Morgan fingerprint density at radius 3 is 2.71 bits per heavy atom. The van der Waals surface area contributed by atoms with Crippen LogP contribution in [0.4, 0.5) is 8.78 Å². The predicted octanol–water partition coefficient (Wildman–Crippen LogP) is 2.26. The Morgan fingerprint density at radius 2 is 2.06 bits per heavy atom. The van der Waals surface area contributed by atoms with Gasteiger partial charge in [-0.1, -0.05) is 5.16 Å². The zero-order chi connectivity index (χ0) is 12.7. The molecule has 0 atom stereocenters. The number of unbranched alkanes of at least 4 members (excludes halogenated alkanes) is 1. The van der Waals surface area contributed by atoms with Crippen LogP contribution < -0.4 is 10.5 Å². The van der Waals surface area contributed by atoms with Crippen molar-refractivity contribution in [2.24, 2.45) is 10.9 Å². The van der Waals surface area contributed by atoms with E-state index in [0.29, 0.717) is 25.9 Å². The maximum atomic E-state index is 12.8. The van der Waals surface area contributed by atoms with Crippen LogP contribution in [0.5, 0.6) is 5.75 Å². The van der Waals surface area contributed by atoms with Crippen molar-refractivity contribution in [1.82, 2.24) is 0 Å². The highest BCUT2D eigenvalue weighted by Crippen LogP contribution is 2.15. The molecule has 6 heteroatoms. The molecule has 4 nitrogen and oxygen atoms in total. The Morgan fingerprint density at radius 1 is 1.29 bits per heavy atom. The van der Waals surface area contributed by atoms with Crippen LogP contribution in [0, 0.1) is 11.6 Å². The van der Waals surface area contributed by atoms with Crippen LogP contribution >= 0.6 is 0 Å². The SMILES string of the molecule is N/C(CCCCOc1ccc(F)c(F)c1)=N/O. The van der Waals surface area contributed by atoms with Gasteiger partial charge in [0.25, 0.3) is 0 Å². The van der Waals surface area contributed by atoms with E-state index in [1.807, 2.05) is 0 Å². The van der Waals surface area contributed by atoms with Crippen molar-refractivity contribution in [2.75, 3.05) is 6.61 Å². The van der Waals surface area contributed by atoms with Crippen molar-refractivity contribution >= 4 is 5.84 Å². The summed E-state index contributed by atoms with van der Waals surface area (Å²) in [7, 11) is 0. The predicted molar refractivity (Wildman–Crippen MR) is 59.1 cm³/mol. The molecule has 94 valence electrons. The molecule has 0 aliphatic carbocycles. The Hall–Kier alpha value is -1.85. The molecule has 1 aromatic carbocycles. The lowest BCUT2D eigenvalue weighted by molar-refractivity contribution is 0.302. The highest BCUT2D eigenvalue weighted by molar-refractivity contribution is 5.79. The van der Waals surface area contributed by atoms with Gasteiger partial charge in [0, 0.05) is 12.5 Å². The molecule has 0 amide bonds. The number of nitrogens with zero attached hydrogens (tertiary/aromatic N) is 1. The third kappa shape index (κ3) is 4.67. The molecule has 3 N–H and O–H groups in total. The van der Waals surface area contributed by atoms with Crippen molar-refractivity contribution in [3.63, 3.8) is 0 Å². The summed E-state index contributed by atoms with van der Waals surface area (Å²) in [5, 5.41) is 11.1. The lowest BCUT2D eigenvalue weighted by Crippen LogP contribution is -2.11. The number of halogens is 2. The van der Waals surface area contributed by atoms with Gasteiger partial charge in [0.2, 0.25) is 0 Å². The van der Waals surface area contributed by atoms with E-state index in [0.717, 1.165) is 12.1 Å². The van der Waals surface area contributed by atoms with E-state index in [4.69, 9.17) is 15.7 Å². The molecular weight excluding hydrogens is 230 g/mol. The molecule has 1 aromatic rings. The Kier molecular flexibility index (Phi) is 5.19. The summed E-state index contributed by atoms with van der Waals surface area (Å²) >= 11 is 0. The Labute approximate surface area is 97.7 Å². The minimum atomic E-state index is -0.931. The van der Waals surface area contributed by atoms with E-state index >= 15 is 0 Å². The first-order valence-electron chi connectivity index (χ1n) is 5.17. The average molecular weight is 244 g/mol. The van der Waals surface area contributed by atoms with Crippen molar-refractivity contribution < 1.29 is 18.7 Å². The van der Waals surface area contributed by atoms with Gasteiger partial charge in [-0.3, -0.25) is 0 Å². The van der Waals surface area contributed by atoms with Gasteiger partial charge in [-0.15, -0.1) is 0 Å². The number of hydrogen-bond acceptors (Lipinski definition) is 3. The van der Waals surface area contributed by atoms with Gasteiger partial charge in [-0.05, 0) is 25.0 Å². The fraction of sp³-hybridized carbons (Fsp3) is 0.364. The van der Waals surface area contributed by atoms with Gasteiger partial charge in [0.1, 0.15) is 11.6 Å². The van der Waals surface area contributed by atoms with Crippen molar-refractivity contribution in [3.05, 3.63) is 29.8 Å². The van der Waals surface area contributed by atoms with E-state index in [2.05, 4.69) is 5.16 Å². The zero-order valence-electron chi connectivity index (χ0n) is 9.20. The molecule has 0 radical (unpaired) electrons. The normalized spacial score (nSPS) is 11.5.